The first kappa shape index (κ1) is 20.3. The Bertz CT molecular complexity index is 951. The van der Waals surface area contributed by atoms with Crippen molar-refractivity contribution in [2.24, 2.45) is 4.99 Å². The molecule has 1 N–H and O–H groups in total. The quantitative estimate of drug-likeness (QED) is 0.343. The van der Waals surface area contributed by atoms with Gasteiger partial charge in [0.2, 0.25) is 0 Å². The number of benzene rings is 2. The number of para-hydroxylation sites is 1. The van der Waals surface area contributed by atoms with Crippen molar-refractivity contribution >= 4 is 35.6 Å². The number of halogens is 2. The third-order valence-corrected chi connectivity index (χ3v) is 4.75. The van der Waals surface area contributed by atoms with E-state index in [1.807, 2.05) is 19.3 Å². The summed E-state index contributed by atoms with van der Waals surface area (Å²) in [6.07, 6.45) is 3.72. The fourth-order valence-corrected chi connectivity index (χ4v) is 3.39. The number of hydrogen-bond donors (Lipinski definition) is 1. The Morgan fingerprint density at radius 1 is 1.14 bits per heavy atom. The molecule has 0 amide bonds. The molecule has 2 heterocycles. The molecule has 146 valence electrons. The Balaban J connectivity index is 0.00000225. The average Bonchev–Trinajstić information content (AvgIpc) is 3.33. The molecule has 0 saturated heterocycles. The van der Waals surface area contributed by atoms with Gasteiger partial charge in [-0.2, -0.15) is 5.10 Å². The van der Waals surface area contributed by atoms with Crippen LogP contribution < -0.4 is 10.2 Å². The Labute approximate surface area is 181 Å². The van der Waals surface area contributed by atoms with Crippen molar-refractivity contribution in [3.63, 3.8) is 0 Å². The molecule has 0 fully saturated rings. The largest absolute Gasteiger partial charge is 0.356 e. The number of fused-ring (bicyclic) bond motifs is 1. The summed E-state index contributed by atoms with van der Waals surface area (Å²) in [5, 5.41) is 8.00. The highest BCUT2D eigenvalue weighted by Crippen LogP contribution is 2.27. The van der Waals surface area contributed by atoms with Gasteiger partial charge in [-0.05, 0) is 48.4 Å². The molecule has 0 aliphatic carbocycles. The van der Waals surface area contributed by atoms with Crippen molar-refractivity contribution in [3.8, 4) is 5.69 Å². The fourth-order valence-electron chi connectivity index (χ4n) is 3.39. The minimum absolute atomic E-state index is 0. The van der Waals surface area contributed by atoms with Crippen LogP contribution in [0.25, 0.3) is 5.69 Å². The first-order chi connectivity index (χ1) is 13.2. The van der Waals surface area contributed by atoms with Crippen LogP contribution in [0.5, 0.6) is 0 Å². The molecular weight excluding hydrogens is 468 g/mol. The number of nitrogens with one attached hydrogen (secondary N) is 1. The van der Waals surface area contributed by atoms with Gasteiger partial charge in [0.25, 0.3) is 0 Å². The fraction of sp³-hybridized carbons (Fsp3) is 0.238. The van der Waals surface area contributed by atoms with Crippen LogP contribution in [0.2, 0.25) is 0 Å². The SMILES string of the molecule is CN=C(NCCc1ccn(-c2ccc(F)cc2)n1)N1CCc2ccccc21.I. The standard InChI is InChI=1S/C21H22FN5.HI/c1-23-21(26-14-11-16-4-2-3-5-20(16)26)24-13-10-18-12-15-27(25-18)19-8-6-17(22)7-9-19;/h2-9,12,15H,10-11,13-14H2,1H3,(H,23,24);1H. The van der Waals surface area contributed by atoms with Crippen LogP contribution in [0.1, 0.15) is 11.3 Å². The molecule has 5 nitrogen and oxygen atoms in total. The minimum atomic E-state index is -0.245. The van der Waals surface area contributed by atoms with Crippen LogP contribution in [0.15, 0.2) is 65.8 Å². The topological polar surface area (TPSA) is 45.5 Å². The van der Waals surface area contributed by atoms with E-state index in [1.165, 1.54) is 23.4 Å². The summed E-state index contributed by atoms with van der Waals surface area (Å²) in [6.45, 7) is 1.68. The van der Waals surface area contributed by atoms with Crippen molar-refractivity contribution in [1.29, 1.82) is 0 Å². The highest BCUT2D eigenvalue weighted by atomic mass is 127. The molecule has 4 rings (SSSR count). The molecule has 28 heavy (non-hydrogen) atoms. The van der Waals surface area contributed by atoms with E-state index in [-0.39, 0.29) is 29.8 Å². The summed E-state index contributed by atoms with van der Waals surface area (Å²) in [5.41, 5.74) is 4.41. The van der Waals surface area contributed by atoms with Gasteiger partial charge in [0.05, 0.1) is 11.4 Å². The summed E-state index contributed by atoms with van der Waals surface area (Å²) >= 11 is 0. The molecule has 0 spiro atoms. The van der Waals surface area contributed by atoms with Gasteiger partial charge in [-0.25, -0.2) is 9.07 Å². The number of guanidine groups is 1. The summed E-state index contributed by atoms with van der Waals surface area (Å²) in [7, 11) is 1.81. The van der Waals surface area contributed by atoms with Crippen LogP contribution in [0.4, 0.5) is 10.1 Å². The number of rotatable bonds is 4. The normalized spacial score (nSPS) is 13.2. The monoisotopic (exact) mass is 491 g/mol. The molecule has 1 aromatic heterocycles. The summed E-state index contributed by atoms with van der Waals surface area (Å²) in [6, 6.07) is 16.8. The Morgan fingerprint density at radius 3 is 2.71 bits per heavy atom. The van der Waals surface area contributed by atoms with Crippen LogP contribution in [0, 0.1) is 5.82 Å². The summed E-state index contributed by atoms with van der Waals surface area (Å²) in [5.74, 6) is 0.642. The van der Waals surface area contributed by atoms with Gasteiger partial charge in [-0.3, -0.25) is 4.99 Å². The van der Waals surface area contributed by atoms with Crippen molar-refractivity contribution in [2.75, 3.05) is 25.0 Å². The zero-order chi connectivity index (χ0) is 18.6. The van der Waals surface area contributed by atoms with Crippen molar-refractivity contribution < 1.29 is 4.39 Å². The summed E-state index contributed by atoms with van der Waals surface area (Å²) < 4.78 is 14.8. The Kier molecular flexibility index (Phi) is 6.66. The first-order valence-corrected chi connectivity index (χ1v) is 9.11. The lowest BCUT2D eigenvalue weighted by Gasteiger charge is -2.22. The highest BCUT2D eigenvalue weighted by molar-refractivity contribution is 14.0. The number of aromatic nitrogens is 2. The molecule has 0 radical (unpaired) electrons. The lowest BCUT2D eigenvalue weighted by atomic mass is 10.2. The molecule has 0 saturated carbocycles. The van der Waals surface area contributed by atoms with Gasteiger partial charge in [0.15, 0.2) is 5.96 Å². The molecule has 0 unspecified atom stereocenters. The van der Waals surface area contributed by atoms with Crippen LogP contribution in [0.3, 0.4) is 0 Å². The smallest absolute Gasteiger partial charge is 0.198 e. The van der Waals surface area contributed by atoms with E-state index in [1.54, 1.807) is 16.8 Å². The van der Waals surface area contributed by atoms with E-state index in [4.69, 9.17) is 0 Å². The molecule has 0 bridgehead atoms. The zero-order valence-corrected chi connectivity index (χ0v) is 18.0. The Hall–Kier alpha value is -2.42. The molecule has 3 aromatic rings. The predicted octanol–water partition coefficient (Wildman–Crippen LogP) is 3.81. The van der Waals surface area contributed by atoms with E-state index in [2.05, 4.69) is 44.6 Å². The zero-order valence-electron chi connectivity index (χ0n) is 15.7. The van der Waals surface area contributed by atoms with Crippen molar-refractivity contribution in [2.45, 2.75) is 12.8 Å². The van der Waals surface area contributed by atoms with E-state index < -0.39 is 0 Å². The molecule has 1 aliphatic rings. The highest BCUT2D eigenvalue weighted by Gasteiger charge is 2.22. The molecule has 1 aliphatic heterocycles. The second kappa shape index (κ2) is 9.18. The van der Waals surface area contributed by atoms with Gasteiger partial charge >= 0.3 is 0 Å². The first-order valence-electron chi connectivity index (χ1n) is 9.11. The second-order valence-corrected chi connectivity index (χ2v) is 6.48. The lowest BCUT2D eigenvalue weighted by molar-refractivity contribution is 0.627. The van der Waals surface area contributed by atoms with E-state index in [0.29, 0.717) is 0 Å². The summed E-state index contributed by atoms with van der Waals surface area (Å²) in [4.78, 5) is 6.66. The third-order valence-electron chi connectivity index (χ3n) is 4.75. The van der Waals surface area contributed by atoms with E-state index >= 15 is 0 Å². The second-order valence-electron chi connectivity index (χ2n) is 6.48. The lowest BCUT2D eigenvalue weighted by Crippen LogP contribution is -2.41. The number of aliphatic imine (C=N–C) groups is 1. The third kappa shape index (κ3) is 4.35. The molecule has 7 heteroatoms. The van der Waals surface area contributed by atoms with Gasteiger partial charge in [0.1, 0.15) is 5.82 Å². The molecule has 2 aromatic carbocycles. The molecular formula is C21H23FIN5. The van der Waals surface area contributed by atoms with Crippen LogP contribution >= 0.6 is 24.0 Å². The van der Waals surface area contributed by atoms with Gasteiger partial charge in [0, 0.05) is 38.4 Å². The van der Waals surface area contributed by atoms with Gasteiger partial charge in [-0.15, -0.1) is 24.0 Å². The number of nitrogens with zero attached hydrogens (tertiary/aromatic N) is 4. The van der Waals surface area contributed by atoms with Crippen LogP contribution in [-0.4, -0.2) is 35.9 Å². The maximum atomic E-state index is 13.1. The average molecular weight is 491 g/mol. The molecule has 0 atom stereocenters. The maximum Gasteiger partial charge on any atom is 0.198 e. The number of hydrogen-bond acceptors (Lipinski definition) is 2. The van der Waals surface area contributed by atoms with Gasteiger partial charge in [-0.1, -0.05) is 18.2 Å². The Morgan fingerprint density at radius 2 is 1.93 bits per heavy atom. The predicted molar refractivity (Wildman–Crippen MR) is 121 cm³/mol. The van der Waals surface area contributed by atoms with Gasteiger partial charge < -0.3 is 10.2 Å². The minimum Gasteiger partial charge on any atom is -0.356 e. The van der Waals surface area contributed by atoms with Crippen LogP contribution in [-0.2, 0) is 12.8 Å². The maximum absolute atomic E-state index is 13.1. The van der Waals surface area contributed by atoms with Crippen molar-refractivity contribution in [1.82, 2.24) is 15.1 Å². The van der Waals surface area contributed by atoms with E-state index in [9.17, 15) is 4.39 Å². The van der Waals surface area contributed by atoms with Crippen molar-refractivity contribution in [3.05, 3.63) is 77.9 Å². The number of anilines is 1. The van der Waals surface area contributed by atoms with E-state index in [0.717, 1.165) is 43.3 Å².